The van der Waals surface area contributed by atoms with Gasteiger partial charge in [0.1, 0.15) is 23.0 Å². The molecule has 0 aliphatic heterocycles. The number of ether oxygens (including phenoxy) is 4. The molecule has 4 heteroatoms. The molecule has 0 aliphatic rings. The van der Waals surface area contributed by atoms with Crippen LogP contribution in [0.2, 0.25) is 0 Å². The summed E-state index contributed by atoms with van der Waals surface area (Å²) in [7, 11) is 0. The first-order valence-corrected chi connectivity index (χ1v) is 30.0. The minimum Gasteiger partial charge on any atom is -0.491 e. The van der Waals surface area contributed by atoms with Crippen LogP contribution in [0.1, 0.15) is 206 Å². The Hall–Kier alpha value is -6.00. The lowest BCUT2D eigenvalue weighted by Crippen LogP contribution is -2.33. The summed E-state index contributed by atoms with van der Waals surface area (Å²) in [6.45, 7) is 17.9. The average molecular weight is 1020 g/mol. The van der Waals surface area contributed by atoms with Crippen molar-refractivity contribution in [2.24, 2.45) is 0 Å². The van der Waals surface area contributed by atoms with Gasteiger partial charge < -0.3 is 18.9 Å². The molecule has 0 radical (unpaired) electrons. The summed E-state index contributed by atoms with van der Waals surface area (Å²) < 4.78 is 26.5. The maximum Gasteiger partial charge on any atom is 0.119 e. The van der Waals surface area contributed by atoms with E-state index in [1.807, 2.05) is 0 Å². The minimum atomic E-state index is 0.137. The van der Waals surface area contributed by atoms with Gasteiger partial charge in [-0.3, -0.25) is 0 Å². The fourth-order valence-corrected chi connectivity index (χ4v) is 11.0. The molecule has 7 rings (SSSR count). The molecule has 0 bridgehead atoms. The first-order chi connectivity index (χ1) is 37.2. The van der Waals surface area contributed by atoms with E-state index < -0.39 is 0 Å². The number of unbranched alkanes of at least 4 members (excludes halogenated alkanes) is 12. The van der Waals surface area contributed by atoms with Crippen LogP contribution in [0.5, 0.6) is 23.0 Å². The Bertz CT molecular complexity index is 2580. The van der Waals surface area contributed by atoms with Gasteiger partial charge in [-0.1, -0.05) is 202 Å². The fourth-order valence-electron chi connectivity index (χ4n) is 11.0. The largest absolute Gasteiger partial charge is 0.491 e. The lowest BCUT2D eigenvalue weighted by Gasteiger charge is -2.20. The summed E-state index contributed by atoms with van der Waals surface area (Å²) in [6.07, 6.45) is 24.5. The highest BCUT2D eigenvalue weighted by Gasteiger charge is 2.20. The highest BCUT2D eigenvalue weighted by molar-refractivity contribution is 6.10. The van der Waals surface area contributed by atoms with Gasteiger partial charge in [0.2, 0.25) is 0 Å². The van der Waals surface area contributed by atoms with Gasteiger partial charge in [0, 0.05) is 0 Å². The lowest BCUT2D eigenvalue weighted by atomic mass is 9.85. The van der Waals surface area contributed by atoms with E-state index in [4.69, 9.17) is 18.9 Å². The van der Waals surface area contributed by atoms with Crippen molar-refractivity contribution in [3.8, 4) is 23.0 Å². The van der Waals surface area contributed by atoms with Crippen LogP contribution in [-0.2, 0) is 0 Å². The van der Waals surface area contributed by atoms with Crippen molar-refractivity contribution in [3.05, 3.63) is 178 Å². The molecule has 4 nitrogen and oxygen atoms in total. The van der Waals surface area contributed by atoms with Crippen LogP contribution in [-0.4, -0.2) is 24.4 Å². The predicted octanol–water partition coefficient (Wildman–Crippen LogP) is 19.4. The van der Waals surface area contributed by atoms with Crippen LogP contribution in [0.25, 0.3) is 32.7 Å². The van der Waals surface area contributed by atoms with E-state index in [0.717, 1.165) is 82.1 Å². The smallest absolute Gasteiger partial charge is 0.119 e. The van der Waals surface area contributed by atoms with Gasteiger partial charge in [0.15, 0.2) is 0 Å². The van der Waals surface area contributed by atoms with Crippen LogP contribution in [0, 0.1) is 0 Å². The quantitative estimate of drug-likeness (QED) is 0.0311. The van der Waals surface area contributed by atoms with Gasteiger partial charge in [0.25, 0.3) is 0 Å². The number of hydrogen-bond donors (Lipinski definition) is 0. The van der Waals surface area contributed by atoms with E-state index in [2.05, 4.69) is 201 Å². The zero-order valence-electron chi connectivity index (χ0n) is 47.9. The number of rotatable bonds is 32. The molecule has 0 aliphatic carbocycles. The van der Waals surface area contributed by atoms with E-state index in [-0.39, 0.29) is 24.4 Å². The molecular formula is C72H92O4. The monoisotopic (exact) mass is 1020 g/mol. The normalized spacial score (nSPS) is 13.1. The van der Waals surface area contributed by atoms with Gasteiger partial charge >= 0.3 is 0 Å². The SMILES string of the molecule is CCCCCC[C@@H](C)Oc1ccc(C(c2ccc(O[C@H](C)CCCCCC)cc2)=c2c(=C(c3ccc(O[C@H](C)CCCCCC)cc3)c3ccc(O[C@H](C)CCCCCC)cc3)c3ccccc3c3ccccc23)cc1. The Balaban J connectivity index is 1.49. The number of hydrogen-bond acceptors (Lipinski definition) is 4. The molecule has 0 heterocycles. The Labute approximate surface area is 459 Å². The van der Waals surface area contributed by atoms with Gasteiger partial charge in [-0.2, -0.15) is 0 Å². The molecule has 4 atom stereocenters. The van der Waals surface area contributed by atoms with E-state index in [9.17, 15) is 0 Å². The second-order valence-corrected chi connectivity index (χ2v) is 21.8. The van der Waals surface area contributed by atoms with E-state index in [1.165, 1.54) is 135 Å². The molecule has 404 valence electrons. The second kappa shape index (κ2) is 30.7. The third-order valence-electron chi connectivity index (χ3n) is 15.2. The first kappa shape index (κ1) is 57.7. The molecule has 0 spiro atoms. The maximum atomic E-state index is 6.62. The first-order valence-electron chi connectivity index (χ1n) is 30.0. The Kier molecular flexibility index (Phi) is 23.3. The van der Waals surface area contributed by atoms with Crippen molar-refractivity contribution in [3.63, 3.8) is 0 Å². The van der Waals surface area contributed by atoms with Crippen LogP contribution in [0.3, 0.4) is 0 Å². The van der Waals surface area contributed by atoms with E-state index in [0.29, 0.717) is 0 Å². The predicted molar refractivity (Wildman–Crippen MR) is 325 cm³/mol. The summed E-state index contributed by atoms with van der Waals surface area (Å²) in [4.78, 5) is 0. The van der Waals surface area contributed by atoms with E-state index in [1.54, 1.807) is 0 Å². The van der Waals surface area contributed by atoms with Crippen LogP contribution < -0.4 is 29.4 Å². The second-order valence-electron chi connectivity index (χ2n) is 21.8. The maximum absolute atomic E-state index is 6.62. The Morgan fingerprint density at radius 3 is 0.724 bits per heavy atom. The van der Waals surface area contributed by atoms with Crippen molar-refractivity contribution in [1.82, 2.24) is 0 Å². The van der Waals surface area contributed by atoms with Crippen molar-refractivity contribution in [2.75, 3.05) is 0 Å². The van der Waals surface area contributed by atoms with Crippen molar-refractivity contribution >= 4 is 32.7 Å². The van der Waals surface area contributed by atoms with Crippen molar-refractivity contribution < 1.29 is 18.9 Å². The zero-order valence-corrected chi connectivity index (χ0v) is 47.9. The van der Waals surface area contributed by atoms with E-state index >= 15 is 0 Å². The molecule has 0 aromatic heterocycles. The Morgan fingerprint density at radius 2 is 0.500 bits per heavy atom. The molecule has 0 unspecified atom stereocenters. The van der Waals surface area contributed by atoms with Gasteiger partial charge in [-0.05, 0) is 193 Å². The zero-order chi connectivity index (χ0) is 53.5. The van der Waals surface area contributed by atoms with Gasteiger partial charge in [-0.15, -0.1) is 0 Å². The van der Waals surface area contributed by atoms with Crippen LogP contribution in [0.15, 0.2) is 146 Å². The van der Waals surface area contributed by atoms with Crippen LogP contribution >= 0.6 is 0 Å². The molecule has 7 aromatic carbocycles. The third kappa shape index (κ3) is 16.5. The molecule has 0 N–H and O–H groups in total. The number of fused-ring (bicyclic) bond motifs is 3. The highest BCUT2D eigenvalue weighted by Crippen LogP contribution is 2.32. The number of benzene rings is 7. The minimum absolute atomic E-state index is 0.137. The summed E-state index contributed by atoms with van der Waals surface area (Å²) in [5, 5.41) is 7.19. The molecular weight excluding hydrogens is 929 g/mol. The molecule has 0 saturated heterocycles. The lowest BCUT2D eigenvalue weighted by molar-refractivity contribution is 0.206. The fraction of sp³-hybridized carbons (Fsp3) is 0.444. The highest BCUT2D eigenvalue weighted by atomic mass is 16.5. The molecule has 0 fully saturated rings. The summed E-state index contributed by atoms with van der Waals surface area (Å²) in [5.41, 5.74) is 6.79. The van der Waals surface area contributed by atoms with Crippen molar-refractivity contribution in [2.45, 2.75) is 208 Å². The standard InChI is InChI=1S/C72H92O4/c1-9-13-17-21-29-53(5)73-61-45-37-57(38-46-61)69(58-39-47-62(48-40-58)74-54(6)30-22-18-14-10-2)71-67-35-27-25-33-65(67)66-34-26-28-36-68(66)72(71)70(59-41-49-63(50-42-59)75-55(7)31-23-19-15-11-3)60-43-51-64(52-44-60)76-56(8)32-24-20-16-12-4/h25-28,33-56H,9-24,29-32H2,1-8H3/t53-,54-,55-,56-/m1/s1. The van der Waals surface area contributed by atoms with Crippen molar-refractivity contribution in [1.29, 1.82) is 0 Å². The molecule has 7 aromatic rings. The summed E-state index contributed by atoms with van der Waals surface area (Å²) in [5.74, 6) is 3.59. The summed E-state index contributed by atoms with van der Waals surface area (Å²) >= 11 is 0. The molecule has 0 saturated carbocycles. The Morgan fingerprint density at radius 1 is 0.276 bits per heavy atom. The molecule has 76 heavy (non-hydrogen) atoms. The van der Waals surface area contributed by atoms with Crippen LogP contribution in [0.4, 0.5) is 0 Å². The summed E-state index contributed by atoms with van der Waals surface area (Å²) in [6, 6.07) is 53.6. The van der Waals surface area contributed by atoms with Gasteiger partial charge in [-0.25, -0.2) is 0 Å². The van der Waals surface area contributed by atoms with Gasteiger partial charge in [0.05, 0.1) is 24.4 Å². The third-order valence-corrected chi connectivity index (χ3v) is 15.2. The topological polar surface area (TPSA) is 36.9 Å². The average Bonchev–Trinajstić information content (AvgIpc) is 3.50. The molecule has 0 amide bonds.